The van der Waals surface area contributed by atoms with Gasteiger partial charge in [-0.15, -0.1) is 11.3 Å². The van der Waals surface area contributed by atoms with Gasteiger partial charge in [0.25, 0.3) is 5.91 Å². The Morgan fingerprint density at radius 1 is 1.19 bits per heavy atom. The van der Waals surface area contributed by atoms with Gasteiger partial charge in [0.15, 0.2) is 12.4 Å². The first-order chi connectivity index (χ1) is 15.0. The fourth-order valence-corrected chi connectivity index (χ4v) is 4.95. The van der Waals surface area contributed by atoms with Crippen molar-refractivity contribution in [1.29, 1.82) is 0 Å². The van der Waals surface area contributed by atoms with Gasteiger partial charge in [0.05, 0.1) is 11.3 Å². The maximum Gasteiger partial charge on any atom is 0.339 e. The van der Waals surface area contributed by atoms with Crippen LogP contribution in [-0.4, -0.2) is 18.5 Å². The molecule has 0 fully saturated rings. The zero-order chi connectivity index (χ0) is 21.8. The molecule has 1 heterocycles. The molecule has 0 spiro atoms. The minimum Gasteiger partial charge on any atom is -0.455 e. The highest BCUT2D eigenvalue weighted by atomic mass is 35.5. The number of nitrogens with one attached hydrogen (secondary N) is 1. The predicted octanol–water partition coefficient (Wildman–Crippen LogP) is 6.11. The second kappa shape index (κ2) is 9.54. The van der Waals surface area contributed by atoms with Gasteiger partial charge >= 0.3 is 5.97 Å². The average Bonchev–Trinajstić information content (AvgIpc) is 3.18. The molecule has 160 valence electrons. The van der Waals surface area contributed by atoms with Crippen LogP contribution in [0, 0.1) is 5.92 Å². The molecule has 1 atom stereocenters. The third-order valence-corrected chi connectivity index (χ3v) is 6.43. The van der Waals surface area contributed by atoms with Crippen molar-refractivity contribution in [2.45, 2.75) is 26.2 Å². The van der Waals surface area contributed by atoms with E-state index in [1.165, 1.54) is 4.88 Å². The summed E-state index contributed by atoms with van der Waals surface area (Å²) in [5, 5.41) is 5.01. The first-order valence-electron chi connectivity index (χ1n) is 10.1. The quantitative estimate of drug-likeness (QED) is 0.455. The number of thiophene rings is 1. The number of para-hydroxylation sites is 1. The third-order valence-electron chi connectivity index (χ3n) is 5.14. The Morgan fingerprint density at radius 3 is 2.81 bits per heavy atom. The summed E-state index contributed by atoms with van der Waals surface area (Å²) in [6.07, 6.45) is 2.93. The molecule has 1 N–H and O–H groups in total. The highest BCUT2D eigenvalue weighted by Gasteiger charge is 2.24. The van der Waals surface area contributed by atoms with E-state index in [1.807, 2.05) is 35.7 Å². The van der Waals surface area contributed by atoms with Gasteiger partial charge in [-0.25, -0.2) is 4.79 Å². The van der Waals surface area contributed by atoms with Gasteiger partial charge in [-0.3, -0.25) is 4.79 Å². The van der Waals surface area contributed by atoms with Gasteiger partial charge in [0.1, 0.15) is 5.75 Å². The molecule has 1 aromatic heterocycles. The predicted molar refractivity (Wildman–Crippen MR) is 122 cm³/mol. The number of carbonyl (C=O) groups is 2. The van der Waals surface area contributed by atoms with E-state index in [9.17, 15) is 9.59 Å². The summed E-state index contributed by atoms with van der Waals surface area (Å²) >= 11 is 7.68. The Balaban J connectivity index is 1.39. The Hall–Kier alpha value is -2.83. The van der Waals surface area contributed by atoms with Crippen molar-refractivity contribution in [3.05, 3.63) is 74.9 Å². The van der Waals surface area contributed by atoms with Crippen LogP contribution in [0.2, 0.25) is 5.02 Å². The van der Waals surface area contributed by atoms with Crippen molar-refractivity contribution in [3.63, 3.8) is 0 Å². The van der Waals surface area contributed by atoms with Crippen molar-refractivity contribution >= 4 is 40.5 Å². The average molecular weight is 456 g/mol. The monoisotopic (exact) mass is 455 g/mol. The molecule has 0 bridgehead atoms. The van der Waals surface area contributed by atoms with Crippen LogP contribution in [0.25, 0.3) is 0 Å². The number of anilines is 1. The minimum absolute atomic E-state index is 0.392. The van der Waals surface area contributed by atoms with E-state index in [4.69, 9.17) is 21.1 Å². The second-order valence-corrected chi connectivity index (χ2v) is 8.98. The number of rotatable bonds is 6. The standard InChI is InChI=1S/C24H22ClNO4S/c1-15-7-9-18-19(14-31-22(18)11-15)24(28)29-13-23(27)26-20-12-16(25)8-10-21(20)30-17-5-3-2-4-6-17/h2-6,8,10,12,14-15H,7,9,11,13H2,1H3,(H,26,27)/t15-/m0/s1. The number of carbonyl (C=O) groups excluding carboxylic acids is 2. The Kier molecular flexibility index (Phi) is 6.59. The minimum atomic E-state index is -0.466. The number of fused-ring (bicyclic) bond motifs is 1. The van der Waals surface area contributed by atoms with Crippen LogP contribution in [0.3, 0.4) is 0 Å². The smallest absolute Gasteiger partial charge is 0.339 e. The van der Waals surface area contributed by atoms with Crippen LogP contribution in [0.15, 0.2) is 53.9 Å². The van der Waals surface area contributed by atoms with Gasteiger partial charge in [0, 0.05) is 15.3 Å². The number of halogens is 1. The van der Waals surface area contributed by atoms with Gasteiger partial charge < -0.3 is 14.8 Å². The zero-order valence-corrected chi connectivity index (χ0v) is 18.6. The topological polar surface area (TPSA) is 64.6 Å². The number of benzene rings is 2. The molecule has 3 aromatic rings. The fraction of sp³-hybridized carbons (Fsp3) is 0.250. The van der Waals surface area contributed by atoms with E-state index >= 15 is 0 Å². The highest BCUT2D eigenvalue weighted by molar-refractivity contribution is 7.10. The summed E-state index contributed by atoms with van der Waals surface area (Å²) in [6, 6.07) is 14.2. The van der Waals surface area contributed by atoms with Crippen molar-refractivity contribution < 1.29 is 19.1 Å². The van der Waals surface area contributed by atoms with E-state index < -0.39 is 18.5 Å². The van der Waals surface area contributed by atoms with E-state index in [1.54, 1.807) is 29.5 Å². The molecular weight excluding hydrogens is 434 g/mol. The maximum absolute atomic E-state index is 12.5. The summed E-state index contributed by atoms with van der Waals surface area (Å²) < 4.78 is 11.1. The summed E-state index contributed by atoms with van der Waals surface area (Å²) in [5.74, 6) is 0.769. The molecule has 0 saturated carbocycles. The van der Waals surface area contributed by atoms with E-state index in [0.29, 0.717) is 33.7 Å². The number of hydrogen-bond acceptors (Lipinski definition) is 5. The maximum atomic E-state index is 12.5. The lowest BCUT2D eigenvalue weighted by molar-refractivity contribution is -0.119. The number of esters is 1. The van der Waals surface area contributed by atoms with Gasteiger partial charge in [-0.1, -0.05) is 36.7 Å². The second-order valence-electron chi connectivity index (χ2n) is 7.58. The van der Waals surface area contributed by atoms with Crippen molar-refractivity contribution in [2.75, 3.05) is 11.9 Å². The number of hydrogen-bond donors (Lipinski definition) is 1. The van der Waals surface area contributed by atoms with E-state index in [-0.39, 0.29) is 0 Å². The molecule has 31 heavy (non-hydrogen) atoms. The van der Waals surface area contributed by atoms with Gasteiger partial charge in [0.2, 0.25) is 0 Å². The van der Waals surface area contributed by atoms with Crippen LogP contribution in [0.1, 0.15) is 34.1 Å². The first-order valence-corrected chi connectivity index (χ1v) is 11.3. The lowest BCUT2D eigenvalue weighted by Gasteiger charge is -2.18. The molecule has 4 rings (SSSR count). The lowest BCUT2D eigenvalue weighted by Crippen LogP contribution is -2.22. The largest absolute Gasteiger partial charge is 0.455 e. The van der Waals surface area contributed by atoms with Crippen molar-refractivity contribution in [3.8, 4) is 11.5 Å². The normalized spacial score (nSPS) is 15.1. The molecule has 1 amide bonds. The van der Waals surface area contributed by atoms with Crippen LogP contribution in [0.4, 0.5) is 5.69 Å². The first kappa shape index (κ1) is 21.4. The number of ether oxygens (including phenoxy) is 2. The Morgan fingerprint density at radius 2 is 2.00 bits per heavy atom. The highest BCUT2D eigenvalue weighted by Crippen LogP contribution is 2.34. The summed E-state index contributed by atoms with van der Waals surface area (Å²) in [4.78, 5) is 26.2. The molecule has 5 nitrogen and oxygen atoms in total. The van der Waals surface area contributed by atoms with Crippen molar-refractivity contribution in [2.24, 2.45) is 5.92 Å². The molecule has 7 heteroatoms. The molecule has 0 unspecified atom stereocenters. The fourth-order valence-electron chi connectivity index (χ4n) is 3.55. The van der Waals surface area contributed by atoms with Gasteiger partial charge in [-0.2, -0.15) is 0 Å². The molecule has 1 aliphatic carbocycles. The molecular formula is C24H22ClNO4S. The van der Waals surface area contributed by atoms with Gasteiger partial charge in [-0.05, 0) is 61.1 Å². The molecule has 1 aliphatic rings. The zero-order valence-electron chi connectivity index (χ0n) is 17.0. The third kappa shape index (κ3) is 5.27. The Labute approximate surface area is 190 Å². The molecule has 0 aliphatic heterocycles. The molecule has 0 radical (unpaired) electrons. The summed E-state index contributed by atoms with van der Waals surface area (Å²) in [5.41, 5.74) is 2.05. The van der Waals surface area contributed by atoms with Crippen LogP contribution < -0.4 is 10.1 Å². The SMILES string of the molecule is C[C@H]1CCc2c(C(=O)OCC(=O)Nc3cc(Cl)ccc3Oc3ccccc3)csc2C1. The molecule has 0 saturated heterocycles. The van der Waals surface area contributed by atoms with Crippen LogP contribution in [0.5, 0.6) is 11.5 Å². The van der Waals surface area contributed by atoms with E-state index in [0.717, 1.165) is 24.8 Å². The Bertz CT molecular complexity index is 1100. The lowest BCUT2D eigenvalue weighted by atomic mass is 9.88. The molecule has 2 aromatic carbocycles. The summed E-state index contributed by atoms with van der Waals surface area (Å²) in [6.45, 7) is 1.83. The van der Waals surface area contributed by atoms with Crippen LogP contribution >= 0.6 is 22.9 Å². The van der Waals surface area contributed by atoms with E-state index in [2.05, 4.69) is 12.2 Å². The van der Waals surface area contributed by atoms with Crippen molar-refractivity contribution in [1.82, 2.24) is 0 Å². The summed E-state index contributed by atoms with van der Waals surface area (Å²) in [7, 11) is 0. The number of amides is 1. The van der Waals surface area contributed by atoms with Crippen LogP contribution in [-0.2, 0) is 22.4 Å².